The van der Waals surface area contributed by atoms with Gasteiger partial charge < -0.3 is 10.6 Å². The second-order valence-electron chi connectivity index (χ2n) is 7.15. The lowest BCUT2D eigenvalue weighted by Crippen LogP contribution is -2.25. The molecule has 0 fully saturated rings. The van der Waals surface area contributed by atoms with Gasteiger partial charge in [0.25, 0.3) is 11.8 Å². The number of aromatic nitrogens is 2. The first kappa shape index (κ1) is 20.2. The number of nitrogens with zero attached hydrogens (tertiary/aromatic N) is 2. The molecule has 6 nitrogen and oxygen atoms in total. The molecule has 0 saturated carbocycles. The molecule has 0 bridgehead atoms. The fourth-order valence-corrected chi connectivity index (χ4v) is 2.74. The molecule has 0 atom stereocenters. The van der Waals surface area contributed by atoms with E-state index in [-0.39, 0.29) is 11.8 Å². The standard InChI is InChI=1S/C23H24N4O2/c1-16(2)10-12-25-22(28)18-6-3-5-17(13-18)19-8-9-21(26-15-19)27-23(29)20-7-4-11-24-14-20/h3-9,11,13-16H,10,12H2,1-2H3,(H,25,28)(H,26,27,29). The molecular weight excluding hydrogens is 364 g/mol. The van der Waals surface area contributed by atoms with Crippen LogP contribution in [0.3, 0.4) is 0 Å². The van der Waals surface area contributed by atoms with Crippen LogP contribution in [0.1, 0.15) is 41.0 Å². The lowest BCUT2D eigenvalue weighted by atomic mass is 10.0. The van der Waals surface area contributed by atoms with Gasteiger partial charge in [-0.2, -0.15) is 0 Å². The van der Waals surface area contributed by atoms with Gasteiger partial charge in [-0.3, -0.25) is 14.6 Å². The van der Waals surface area contributed by atoms with E-state index in [9.17, 15) is 9.59 Å². The van der Waals surface area contributed by atoms with Crippen LogP contribution in [0.15, 0.2) is 67.1 Å². The van der Waals surface area contributed by atoms with Crippen molar-refractivity contribution in [2.75, 3.05) is 11.9 Å². The molecule has 2 heterocycles. The van der Waals surface area contributed by atoms with E-state index in [4.69, 9.17) is 0 Å². The Morgan fingerprint density at radius 2 is 1.76 bits per heavy atom. The van der Waals surface area contributed by atoms with E-state index in [1.807, 2.05) is 24.3 Å². The smallest absolute Gasteiger partial charge is 0.258 e. The van der Waals surface area contributed by atoms with E-state index in [0.717, 1.165) is 17.5 Å². The van der Waals surface area contributed by atoms with Crippen LogP contribution in [0, 0.1) is 5.92 Å². The fourth-order valence-electron chi connectivity index (χ4n) is 2.74. The van der Waals surface area contributed by atoms with Crippen molar-refractivity contribution in [1.29, 1.82) is 0 Å². The van der Waals surface area contributed by atoms with Crippen LogP contribution < -0.4 is 10.6 Å². The van der Waals surface area contributed by atoms with Gasteiger partial charge in [0.05, 0.1) is 5.56 Å². The van der Waals surface area contributed by atoms with E-state index >= 15 is 0 Å². The Balaban J connectivity index is 1.67. The first-order valence-electron chi connectivity index (χ1n) is 9.59. The molecule has 2 N–H and O–H groups in total. The van der Waals surface area contributed by atoms with Gasteiger partial charge in [0.15, 0.2) is 0 Å². The van der Waals surface area contributed by atoms with Crippen molar-refractivity contribution in [3.63, 3.8) is 0 Å². The highest BCUT2D eigenvalue weighted by molar-refractivity contribution is 6.03. The number of anilines is 1. The second-order valence-corrected chi connectivity index (χ2v) is 7.15. The van der Waals surface area contributed by atoms with Crippen molar-refractivity contribution in [2.24, 2.45) is 5.92 Å². The van der Waals surface area contributed by atoms with Gasteiger partial charge in [-0.1, -0.05) is 26.0 Å². The first-order valence-corrected chi connectivity index (χ1v) is 9.59. The zero-order chi connectivity index (χ0) is 20.6. The van der Waals surface area contributed by atoms with E-state index in [2.05, 4.69) is 34.4 Å². The van der Waals surface area contributed by atoms with Gasteiger partial charge in [-0.05, 0) is 54.3 Å². The molecule has 0 unspecified atom stereocenters. The minimum atomic E-state index is -0.265. The monoisotopic (exact) mass is 388 g/mol. The minimum Gasteiger partial charge on any atom is -0.352 e. The fraction of sp³-hybridized carbons (Fsp3) is 0.217. The Labute approximate surface area is 170 Å². The maximum absolute atomic E-state index is 12.3. The number of nitrogens with one attached hydrogen (secondary N) is 2. The van der Waals surface area contributed by atoms with Crippen molar-refractivity contribution in [2.45, 2.75) is 20.3 Å². The number of benzene rings is 1. The zero-order valence-electron chi connectivity index (χ0n) is 16.6. The maximum Gasteiger partial charge on any atom is 0.258 e. The van der Waals surface area contributed by atoms with Gasteiger partial charge in [-0.25, -0.2) is 4.98 Å². The third-order valence-corrected chi connectivity index (χ3v) is 4.39. The summed E-state index contributed by atoms with van der Waals surface area (Å²) < 4.78 is 0. The van der Waals surface area contributed by atoms with Crippen LogP contribution in [0.4, 0.5) is 5.82 Å². The van der Waals surface area contributed by atoms with Gasteiger partial charge >= 0.3 is 0 Å². The van der Waals surface area contributed by atoms with E-state index in [1.54, 1.807) is 36.7 Å². The summed E-state index contributed by atoms with van der Waals surface area (Å²) in [7, 11) is 0. The van der Waals surface area contributed by atoms with Crippen LogP contribution in [-0.2, 0) is 0 Å². The molecule has 29 heavy (non-hydrogen) atoms. The summed E-state index contributed by atoms with van der Waals surface area (Å²) in [4.78, 5) is 32.8. The van der Waals surface area contributed by atoms with Crippen LogP contribution in [0.25, 0.3) is 11.1 Å². The summed E-state index contributed by atoms with van der Waals surface area (Å²) >= 11 is 0. The van der Waals surface area contributed by atoms with Crippen molar-refractivity contribution < 1.29 is 9.59 Å². The van der Waals surface area contributed by atoms with E-state index in [1.165, 1.54) is 6.20 Å². The highest BCUT2D eigenvalue weighted by atomic mass is 16.2. The lowest BCUT2D eigenvalue weighted by Gasteiger charge is -2.09. The number of hydrogen-bond acceptors (Lipinski definition) is 4. The molecule has 0 aliphatic heterocycles. The zero-order valence-corrected chi connectivity index (χ0v) is 16.6. The molecule has 0 aliphatic rings. The van der Waals surface area contributed by atoms with Crippen LogP contribution in [0.2, 0.25) is 0 Å². The average molecular weight is 388 g/mol. The summed E-state index contributed by atoms with van der Waals surface area (Å²) in [6, 6.07) is 14.4. The first-order chi connectivity index (χ1) is 14.0. The number of pyridine rings is 2. The number of amides is 2. The summed E-state index contributed by atoms with van der Waals surface area (Å²) in [5.41, 5.74) is 2.83. The van der Waals surface area contributed by atoms with Crippen LogP contribution in [0.5, 0.6) is 0 Å². The summed E-state index contributed by atoms with van der Waals surface area (Å²) in [6.07, 6.45) is 5.74. The topological polar surface area (TPSA) is 84.0 Å². The van der Waals surface area contributed by atoms with E-state index in [0.29, 0.717) is 29.4 Å². The van der Waals surface area contributed by atoms with Crippen molar-refractivity contribution >= 4 is 17.6 Å². The van der Waals surface area contributed by atoms with Crippen LogP contribution in [-0.4, -0.2) is 28.3 Å². The molecule has 2 amide bonds. The van der Waals surface area contributed by atoms with Crippen molar-refractivity contribution in [3.05, 3.63) is 78.2 Å². The molecule has 3 aromatic rings. The van der Waals surface area contributed by atoms with Gasteiger partial charge in [0, 0.05) is 36.3 Å². The van der Waals surface area contributed by atoms with Gasteiger partial charge in [0.2, 0.25) is 0 Å². The molecule has 0 spiro atoms. The van der Waals surface area contributed by atoms with Crippen molar-refractivity contribution in [3.8, 4) is 11.1 Å². The molecule has 6 heteroatoms. The number of carbonyl (C=O) groups is 2. The summed E-state index contributed by atoms with van der Waals surface area (Å²) in [6.45, 7) is 4.92. The Bertz CT molecular complexity index is 970. The molecule has 2 aromatic heterocycles. The lowest BCUT2D eigenvalue weighted by molar-refractivity contribution is 0.0951. The Kier molecular flexibility index (Phi) is 6.68. The quantitative estimate of drug-likeness (QED) is 0.636. The largest absolute Gasteiger partial charge is 0.352 e. The maximum atomic E-state index is 12.3. The third kappa shape index (κ3) is 5.72. The van der Waals surface area contributed by atoms with Gasteiger partial charge in [-0.15, -0.1) is 0 Å². The Hall–Kier alpha value is -3.54. The number of hydrogen-bond donors (Lipinski definition) is 2. The Morgan fingerprint density at radius 1 is 0.931 bits per heavy atom. The third-order valence-electron chi connectivity index (χ3n) is 4.39. The second kappa shape index (κ2) is 9.59. The molecule has 0 saturated heterocycles. The Morgan fingerprint density at radius 3 is 2.45 bits per heavy atom. The summed E-state index contributed by atoms with van der Waals surface area (Å²) in [5.74, 6) is 0.647. The van der Waals surface area contributed by atoms with E-state index < -0.39 is 0 Å². The molecule has 0 aliphatic carbocycles. The predicted octanol–water partition coefficient (Wildman–Crippen LogP) is 4.17. The molecule has 0 radical (unpaired) electrons. The molecule has 148 valence electrons. The molecule has 1 aromatic carbocycles. The normalized spacial score (nSPS) is 10.6. The molecule has 3 rings (SSSR count). The van der Waals surface area contributed by atoms with Gasteiger partial charge in [0.1, 0.15) is 5.82 Å². The highest BCUT2D eigenvalue weighted by Gasteiger charge is 2.09. The average Bonchev–Trinajstić information content (AvgIpc) is 2.74. The highest BCUT2D eigenvalue weighted by Crippen LogP contribution is 2.21. The number of carbonyl (C=O) groups excluding carboxylic acids is 2. The summed E-state index contributed by atoms with van der Waals surface area (Å²) in [5, 5.41) is 5.69. The minimum absolute atomic E-state index is 0.0826. The number of rotatable bonds is 7. The predicted molar refractivity (Wildman–Crippen MR) is 114 cm³/mol. The molecular formula is C23H24N4O2. The SMILES string of the molecule is CC(C)CCNC(=O)c1cccc(-c2ccc(NC(=O)c3cccnc3)nc2)c1. The van der Waals surface area contributed by atoms with Crippen LogP contribution >= 0.6 is 0 Å². The van der Waals surface area contributed by atoms with Crippen molar-refractivity contribution in [1.82, 2.24) is 15.3 Å².